The SMILES string of the molecule is O=C(NOCCOc1ccccc1)c1ccc(O)cc1F. The number of hydrogen-bond acceptors (Lipinski definition) is 4. The number of nitrogens with one attached hydrogen (secondary N) is 1. The second-order valence-electron chi connectivity index (χ2n) is 4.11. The average Bonchev–Trinajstić information content (AvgIpc) is 2.47. The van der Waals surface area contributed by atoms with Crippen LogP contribution in [0.15, 0.2) is 48.5 Å². The monoisotopic (exact) mass is 291 g/mol. The van der Waals surface area contributed by atoms with E-state index in [1.165, 1.54) is 12.1 Å². The third kappa shape index (κ3) is 4.47. The lowest BCUT2D eigenvalue weighted by molar-refractivity contribution is 0.0197. The van der Waals surface area contributed by atoms with Gasteiger partial charge in [-0.05, 0) is 24.3 Å². The van der Waals surface area contributed by atoms with Crippen LogP contribution in [0.2, 0.25) is 0 Å². The van der Waals surface area contributed by atoms with E-state index in [9.17, 15) is 9.18 Å². The molecule has 1 amide bonds. The molecule has 6 heteroatoms. The smallest absolute Gasteiger partial charge is 0.277 e. The van der Waals surface area contributed by atoms with Crippen molar-refractivity contribution in [1.82, 2.24) is 5.48 Å². The summed E-state index contributed by atoms with van der Waals surface area (Å²) in [5.41, 5.74) is 1.89. The quantitative estimate of drug-likeness (QED) is 0.633. The van der Waals surface area contributed by atoms with Gasteiger partial charge in [0, 0.05) is 6.07 Å². The zero-order valence-electron chi connectivity index (χ0n) is 11.1. The molecule has 0 saturated heterocycles. The maximum Gasteiger partial charge on any atom is 0.277 e. The molecule has 0 atom stereocenters. The lowest BCUT2D eigenvalue weighted by Gasteiger charge is -2.08. The van der Waals surface area contributed by atoms with Crippen molar-refractivity contribution in [3.05, 3.63) is 59.9 Å². The molecule has 2 rings (SSSR count). The maximum atomic E-state index is 13.4. The van der Waals surface area contributed by atoms with Crippen molar-refractivity contribution in [2.75, 3.05) is 13.2 Å². The van der Waals surface area contributed by atoms with E-state index >= 15 is 0 Å². The highest BCUT2D eigenvalue weighted by Crippen LogP contribution is 2.14. The van der Waals surface area contributed by atoms with Crippen LogP contribution in [0, 0.1) is 5.82 Å². The van der Waals surface area contributed by atoms with Crippen molar-refractivity contribution in [2.24, 2.45) is 0 Å². The molecule has 0 spiro atoms. The number of phenolic OH excluding ortho intramolecular Hbond substituents is 1. The highest BCUT2D eigenvalue weighted by molar-refractivity contribution is 5.93. The minimum Gasteiger partial charge on any atom is -0.508 e. The molecule has 0 aromatic heterocycles. The average molecular weight is 291 g/mol. The predicted octanol–water partition coefficient (Wildman–Crippen LogP) is 2.27. The fourth-order valence-corrected chi connectivity index (χ4v) is 1.58. The molecule has 2 aromatic carbocycles. The van der Waals surface area contributed by atoms with Crippen LogP contribution in [0.3, 0.4) is 0 Å². The molecular weight excluding hydrogens is 277 g/mol. The number of carbonyl (C=O) groups is 1. The van der Waals surface area contributed by atoms with Crippen LogP contribution in [-0.4, -0.2) is 24.2 Å². The number of hydrogen-bond donors (Lipinski definition) is 2. The van der Waals surface area contributed by atoms with Gasteiger partial charge in [-0.2, -0.15) is 0 Å². The Labute approximate surface area is 120 Å². The van der Waals surface area contributed by atoms with Crippen LogP contribution in [0.25, 0.3) is 0 Å². The highest BCUT2D eigenvalue weighted by atomic mass is 19.1. The van der Waals surface area contributed by atoms with Gasteiger partial charge in [-0.3, -0.25) is 9.63 Å². The van der Waals surface area contributed by atoms with E-state index in [1.54, 1.807) is 12.1 Å². The minimum atomic E-state index is -0.823. The van der Waals surface area contributed by atoms with Gasteiger partial charge in [-0.1, -0.05) is 18.2 Å². The van der Waals surface area contributed by atoms with E-state index in [2.05, 4.69) is 5.48 Å². The number of hydroxylamine groups is 1. The zero-order valence-corrected chi connectivity index (χ0v) is 11.1. The summed E-state index contributed by atoms with van der Waals surface area (Å²) in [6, 6.07) is 12.4. The summed E-state index contributed by atoms with van der Waals surface area (Å²) in [5, 5.41) is 9.05. The van der Waals surface area contributed by atoms with Crippen LogP contribution in [0.5, 0.6) is 11.5 Å². The molecule has 2 N–H and O–H groups in total. The van der Waals surface area contributed by atoms with Crippen LogP contribution < -0.4 is 10.2 Å². The Morgan fingerprint density at radius 2 is 1.90 bits per heavy atom. The van der Waals surface area contributed by atoms with Crippen LogP contribution in [0.4, 0.5) is 4.39 Å². The molecule has 0 fully saturated rings. The van der Waals surface area contributed by atoms with Crippen LogP contribution in [-0.2, 0) is 4.84 Å². The summed E-state index contributed by atoms with van der Waals surface area (Å²) in [6.07, 6.45) is 0. The Hall–Kier alpha value is -2.60. The lowest BCUT2D eigenvalue weighted by atomic mass is 10.2. The first-order valence-electron chi connectivity index (χ1n) is 6.25. The lowest BCUT2D eigenvalue weighted by Crippen LogP contribution is -2.26. The number of para-hydroxylation sites is 1. The van der Waals surface area contributed by atoms with E-state index in [4.69, 9.17) is 14.7 Å². The van der Waals surface area contributed by atoms with Gasteiger partial charge >= 0.3 is 0 Å². The Balaban J connectivity index is 1.72. The van der Waals surface area contributed by atoms with Crippen molar-refractivity contribution in [2.45, 2.75) is 0 Å². The van der Waals surface area contributed by atoms with Crippen molar-refractivity contribution in [3.63, 3.8) is 0 Å². The van der Waals surface area contributed by atoms with E-state index in [0.29, 0.717) is 5.75 Å². The van der Waals surface area contributed by atoms with Gasteiger partial charge in [0.2, 0.25) is 0 Å². The normalized spacial score (nSPS) is 10.1. The van der Waals surface area contributed by atoms with E-state index in [0.717, 1.165) is 6.07 Å². The Morgan fingerprint density at radius 1 is 1.14 bits per heavy atom. The Bertz CT molecular complexity index is 604. The molecule has 0 aliphatic rings. The largest absolute Gasteiger partial charge is 0.508 e. The molecule has 21 heavy (non-hydrogen) atoms. The van der Waals surface area contributed by atoms with Gasteiger partial charge in [-0.15, -0.1) is 0 Å². The molecule has 2 aromatic rings. The van der Waals surface area contributed by atoms with E-state index < -0.39 is 11.7 Å². The van der Waals surface area contributed by atoms with Gasteiger partial charge in [0.05, 0.1) is 5.56 Å². The van der Waals surface area contributed by atoms with E-state index in [1.807, 2.05) is 18.2 Å². The number of phenols is 1. The fraction of sp³-hybridized carbons (Fsp3) is 0.133. The molecular formula is C15H14FNO4. The summed E-state index contributed by atoms with van der Waals surface area (Å²) in [5.74, 6) is -1.11. The Morgan fingerprint density at radius 3 is 2.62 bits per heavy atom. The number of rotatable bonds is 6. The number of amides is 1. The number of halogens is 1. The van der Waals surface area contributed by atoms with Gasteiger partial charge < -0.3 is 9.84 Å². The van der Waals surface area contributed by atoms with Crippen molar-refractivity contribution in [3.8, 4) is 11.5 Å². The van der Waals surface area contributed by atoms with Gasteiger partial charge in [0.15, 0.2) is 0 Å². The first-order chi connectivity index (χ1) is 10.2. The number of aromatic hydroxyl groups is 1. The summed E-state index contributed by atoms with van der Waals surface area (Å²) < 4.78 is 18.7. The third-order valence-corrected chi connectivity index (χ3v) is 2.56. The number of benzene rings is 2. The third-order valence-electron chi connectivity index (χ3n) is 2.56. The van der Waals surface area contributed by atoms with Gasteiger partial charge in [0.25, 0.3) is 5.91 Å². The standard InChI is InChI=1S/C15H14FNO4/c16-14-10-11(18)6-7-13(14)15(19)17-21-9-8-20-12-4-2-1-3-5-12/h1-7,10,18H,8-9H2,(H,17,19). The van der Waals surface area contributed by atoms with Gasteiger partial charge in [-0.25, -0.2) is 9.87 Å². The molecule has 0 bridgehead atoms. The fourth-order valence-electron chi connectivity index (χ4n) is 1.58. The molecule has 0 aliphatic carbocycles. The molecule has 0 heterocycles. The van der Waals surface area contributed by atoms with Crippen molar-refractivity contribution >= 4 is 5.91 Å². The minimum absolute atomic E-state index is 0.111. The first-order valence-corrected chi connectivity index (χ1v) is 6.25. The molecule has 5 nitrogen and oxygen atoms in total. The second-order valence-corrected chi connectivity index (χ2v) is 4.11. The molecule has 0 radical (unpaired) electrons. The molecule has 0 unspecified atom stereocenters. The Kier molecular flexibility index (Phi) is 5.11. The second kappa shape index (κ2) is 7.25. The van der Waals surface area contributed by atoms with Crippen LogP contribution in [0.1, 0.15) is 10.4 Å². The topological polar surface area (TPSA) is 67.8 Å². The predicted molar refractivity (Wildman–Crippen MR) is 73.4 cm³/mol. The van der Waals surface area contributed by atoms with E-state index in [-0.39, 0.29) is 24.5 Å². The summed E-state index contributed by atoms with van der Waals surface area (Å²) in [6.45, 7) is 0.350. The highest BCUT2D eigenvalue weighted by Gasteiger charge is 2.12. The maximum absolute atomic E-state index is 13.4. The van der Waals surface area contributed by atoms with Crippen LogP contribution >= 0.6 is 0 Å². The summed E-state index contributed by atoms with van der Waals surface area (Å²) in [7, 11) is 0. The molecule has 0 aliphatic heterocycles. The molecule has 0 saturated carbocycles. The number of ether oxygens (including phenoxy) is 1. The summed E-state index contributed by atoms with van der Waals surface area (Å²) >= 11 is 0. The summed E-state index contributed by atoms with van der Waals surface area (Å²) in [4.78, 5) is 16.5. The van der Waals surface area contributed by atoms with Crippen molar-refractivity contribution < 1.29 is 23.9 Å². The zero-order chi connectivity index (χ0) is 15.1. The van der Waals surface area contributed by atoms with Crippen molar-refractivity contribution in [1.29, 1.82) is 0 Å². The number of carbonyl (C=O) groups excluding carboxylic acids is 1. The van der Waals surface area contributed by atoms with Gasteiger partial charge in [0.1, 0.15) is 30.5 Å². The molecule has 110 valence electrons. The first kappa shape index (κ1) is 14.8.